The molecule has 0 aliphatic heterocycles. The second-order valence-electron chi connectivity index (χ2n) is 3.57. The first kappa shape index (κ1) is 12.5. The van der Waals surface area contributed by atoms with Crippen LogP contribution < -0.4 is 0 Å². The minimum atomic E-state index is -0.885. The lowest BCUT2D eigenvalue weighted by atomic mass is 9.93. The summed E-state index contributed by atoms with van der Waals surface area (Å²) in [5.74, 6) is -1.10. The first-order valence-electron chi connectivity index (χ1n) is 4.32. The molecule has 0 saturated heterocycles. The second kappa shape index (κ2) is 6.02. The Balaban J connectivity index is 4.10. The summed E-state index contributed by atoms with van der Waals surface area (Å²) in [5.41, 5.74) is 0. The molecular formula is C9H16O3S. The van der Waals surface area contributed by atoms with Gasteiger partial charge in [-0.15, -0.1) is 0 Å². The number of aliphatic carboxylic acids is 1. The highest BCUT2D eigenvalue weighted by Crippen LogP contribution is 2.16. The normalized spacial score (nSPS) is 12.9. The van der Waals surface area contributed by atoms with Gasteiger partial charge >= 0.3 is 5.97 Å². The lowest BCUT2D eigenvalue weighted by Crippen LogP contribution is -2.20. The minimum absolute atomic E-state index is 0.101. The molecule has 1 atom stereocenters. The van der Waals surface area contributed by atoms with E-state index < -0.39 is 11.9 Å². The number of thiol groups is 1. The maximum atomic E-state index is 11.0. The first-order chi connectivity index (χ1) is 5.97. The Hall–Kier alpha value is -0.510. The Morgan fingerprint density at radius 1 is 1.38 bits per heavy atom. The highest BCUT2D eigenvalue weighted by atomic mass is 32.1. The maximum absolute atomic E-state index is 11.0. The third kappa shape index (κ3) is 5.69. The van der Waals surface area contributed by atoms with Crippen molar-refractivity contribution in [1.29, 1.82) is 0 Å². The van der Waals surface area contributed by atoms with Crippen LogP contribution in [0.4, 0.5) is 0 Å². The Labute approximate surface area is 83.9 Å². The van der Waals surface area contributed by atoms with Crippen molar-refractivity contribution in [2.45, 2.75) is 26.7 Å². The largest absolute Gasteiger partial charge is 0.481 e. The number of hydrogen-bond donors (Lipinski definition) is 2. The number of carbonyl (C=O) groups excluding carboxylic acids is 1. The van der Waals surface area contributed by atoms with E-state index in [0.29, 0.717) is 12.3 Å². The van der Waals surface area contributed by atoms with Gasteiger partial charge in [0.1, 0.15) is 5.78 Å². The van der Waals surface area contributed by atoms with Crippen LogP contribution in [0.2, 0.25) is 0 Å². The molecule has 0 aliphatic carbocycles. The van der Waals surface area contributed by atoms with E-state index in [1.807, 2.05) is 13.8 Å². The van der Waals surface area contributed by atoms with E-state index in [1.165, 1.54) is 0 Å². The van der Waals surface area contributed by atoms with Crippen molar-refractivity contribution in [1.82, 2.24) is 0 Å². The molecule has 0 aromatic rings. The lowest BCUT2D eigenvalue weighted by molar-refractivity contribution is -0.144. The zero-order valence-electron chi connectivity index (χ0n) is 7.99. The Morgan fingerprint density at radius 2 is 1.92 bits per heavy atom. The van der Waals surface area contributed by atoms with Crippen molar-refractivity contribution >= 4 is 24.4 Å². The molecule has 0 aliphatic rings. The van der Waals surface area contributed by atoms with Gasteiger partial charge in [-0.05, 0) is 12.3 Å². The molecular weight excluding hydrogens is 188 g/mol. The summed E-state index contributed by atoms with van der Waals surface area (Å²) in [6, 6.07) is 0. The second-order valence-corrected chi connectivity index (χ2v) is 3.88. The molecule has 3 nitrogen and oxygen atoms in total. The topological polar surface area (TPSA) is 54.4 Å². The van der Waals surface area contributed by atoms with Gasteiger partial charge in [0.2, 0.25) is 0 Å². The molecule has 0 heterocycles. The van der Waals surface area contributed by atoms with Crippen LogP contribution in [-0.4, -0.2) is 22.6 Å². The fourth-order valence-corrected chi connectivity index (χ4v) is 1.31. The van der Waals surface area contributed by atoms with Gasteiger partial charge < -0.3 is 5.11 Å². The Kier molecular flexibility index (Phi) is 5.79. The lowest BCUT2D eigenvalue weighted by Gasteiger charge is -2.12. The fourth-order valence-electron chi connectivity index (χ4n) is 1.18. The molecule has 0 aromatic heterocycles. The zero-order chi connectivity index (χ0) is 10.4. The molecule has 1 unspecified atom stereocenters. The summed E-state index contributed by atoms with van der Waals surface area (Å²) in [7, 11) is 0. The number of carboxylic acids is 1. The van der Waals surface area contributed by atoms with Gasteiger partial charge in [0, 0.05) is 12.2 Å². The van der Waals surface area contributed by atoms with E-state index in [4.69, 9.17) is 5.11 Å². The molecule has 0 fully saturated rings. The molecule has 76 valence electrons. The standard InChI is InChI=1S/C9H16O3S/c1-6(2)3-7(9(11)12)4-8(10)5-13/h6-7,13H,3-5H2,1-2H3,(H,11,12). The first-order valence-corrected chi connectivity index (χ1v) is 4.96. The average Bonchev–Trinajstić information content (AvgIpc) is 2.02. The van der Waals surface area contributed by atoms with Gasteiger partial charge in [-0.2, -0.15) is 12.6 Å². The Bertz CT molecular complexity index is 189. The number of carbonyl (C=O) groups is 2. The van der Waals surface area contributed by atoms with Crippen LogP contribution in [-0.2, 0) is 9.59 Å². The van der Waals surface area contributed by atoms with E-state index >= 15 is 0 Å². The quantitative estimate of drug-likeness (QED) is 0.646. The summed E-state index contributed by atoms with van der Waals surface area (Å²) in [4.78, 5) is 21.7. The molecule has 0 radical (unpaired) electrons. The van der Waals surface area contributed by atoms with Gasteiger partial charge in [0.05, 0.1) is 5.92 Å². The van der Waals surface area contributed by atoms with Gasteiger partial charge in [-0.25, -0.2) is 0 Å². The molecule has 0 aromatic carbocycles. The van der Waals surface area contributed by atoms with Crippen LogP contribution in [0.25, 0.3) is 0 Å². The number of Topliss-reactive ketones (excluding diaryl/α,β-unsaturated/α-hetero) is 1. The highest BCUT2D eigenvalue weighted by Gasteiger charge is 2.21. The van der Waals surface area contributed by atoms with E-state index in [0.717, 1.165) is 0 Å². The molecule has 13 heavy (non-hydrogen) atoms. The number of carboxylic acid groups (broad SMARTS) is 1. The predicted molar refractivity (Wildman–Crippen MR) is 54.1 cm³/mol. The van der Waals surface area contributed by atoms with Crippen molar-refractivity contribution in [3.05, 3.63) is 0 Å². The predicted octanol–water partition coefficient (Wildman–Crippen LogP) is 1.62. The summed E-state index contributed by atoms with van der Waals surface area (Å²) in [5, 5.41) is 8.79. The van der Waals surface area contributed by atoms with Crippen LogP contribution in [0.1, 0.15) is 26.7 Å². The number of hydrogen-bond acceptors (Lipinski definition) is 3. The van der Waals surface area contributed by atoms with Crippen molar-refractivity contribution < 1.29 is 14.7 Å². The summed E-state index contributed by atoms with van der Waals surface area (Å²) in [6.07, 6.45) is 0.659. The molecule has 1 N–H and O–H groups in total. The zero-order valence-corrected chi connectivity index (χ0v) is 8.88. The van der Waals surface area contributed by atoms with Gasteiger partial charge in [0.25, 0.3) is 0 Å². The van der Waals surface area contributed by atoms with E-state index in [1.54, 1.807) is 0 Å². The minimum Gasteiger partial charge on any atom is -0.481 e. The summed E-state index contributed by atoms with van der Waals surface area (Å²) >= 11 is 3.81. The Morgan fingerprint density at radius 3 is 2.23 bits per heavy atom. The van der Waals surface area contributed by atoms with E-state index in [-0.39, 0.29) is 18.0 Å². The summed E-state index contributed by atoms with van der Waals surface area (Å²) in [6.45, 7) is 3.89. The van der Waals surface area contributed by atoms with Crippen molar-refractivity contribution in [2.24, 2.45) is 11.8 Å². The third-order valence-corrected chi connectivity index (χ3v) is 2.11. The van der Waals surface area contributed by atoms with E-state index in [2.05, 4.69) is 12.6 Å². The third-order valence-electron chi connectivity index (χ3n) is 1.76. The molecule has 0 bridgehead atoms. The number of rotatable bonds is 6. The van der Waals surface area contributed by atoms with Crippen molar-refractivity contribution in [3.8, 4) is 0 Å². The van der Waals surface area contributed by atoms with Crippen molar-refractivity contribution in [3.63, 3.8) is 0 Å². The van der Waals surface area contributed by atoms with Crippen LogP contribution >= 0.6 is 12.6 Å². The fraction of sp³-hybridized carbons (Fsp3) is 0.778. The molecule has 0 saturated carbocycles. The van der Waals surface area contributed by atoms with Gasteiger partial charge in [0.15, 0.2) is 0 Å². The monoisotopic (exact) mass is 204 g/mol. The molecule has 0 amide bonds. The van der Waals surface area contributed by atoms with Gasteiger partial charge in [-0.1, -0.05) is 13.8 Å². The smallest absolute Gasteiger partial charge is 0.306 e. The molecule has 0 rings (SSSR count). The van der Waals surface area contributed by atoms with Gasteiger partial charge in [-0.3, -0.25) is 9.59 Å². The molecule has 4 heteroatoms. The molecule has 0 spiro atoms. The number of ketones is 1. The highest BCUT2D eigenvalue weighted by molar-refractivity contribution is 7.81. The van der Waals surface area contributed by atoms with Crippen LogP contribution in [0.5, 0.6) is 0 Å². The van der Waals surface area contributed by atoms with Crippen molar-refractivity contribution in [2.75, 3.05) is 5.75 Å². The maximum Gasteiger partial charge on any atom is 0.306 e. The van der Waals surface area contributed by atoms with Crippen LogP contribution in [0.15, 0.2) is 0 Å². The van der Waals surface area contributed by atoms with Crippen LogP contribution in [0.3, 0.4) is 0 Å². The van der Waals surface area contributed by atoms with Crippen LogP contribution in [0, 0.1) is 11.8 Å². The SMILES string of the molecule is CC(C)CC(CC(=O)CS)C(=O)O. The average molecular weight is 204 g/mol. The van der Waals surface area contributed by atoms with E-state index in [9.17, 15) is 9.59 Å². The summed E-state index contributed by atoms with van der Waals surface area (Å²) < 4.78 is 0.